The van der Waals surface area contributed by atoms with E-state index < -0.39 is 6.10 Å². The fraction of sp³-hybridized carbons (Fsp3) is 0.643. The highest BCUT2D eigenvalue weighted by molar-refractivity contribution is 5.43. The fourth-order valence-corrected chi connectivity index (χ4v) is 2.31. The van der Waals surface area contributed by atoms with Crippen molar-refractivity contribution in [3.8, 4) is 0 Å². The topological polar surface area (TPSA) is 45.6 Å². The highest BCUT2D eigenvalue weighted by atomic mass is 16.5. The summed E-state index contributed by atoms with van der Waals surface area (Å²) in [6.45, 7) is 4.50. The molecule has 1 aliphatic heterocycles. The largest absolute Gasteiger partial charge is 0.387 e. The fourth-order valence-electron chi connectivity index (χ4n) is 2.31. The third-order valence-corrected chi connectivity index (χ3v) is 3.43. The summed E-state index contributed by atoms with van der Waals surface area (Å²) in [6, 6.07) is 3.90. The van der Waals surface area contributed by atoms with E-state index in [4.69, 9.17) is 4.74 Å². The molecule has 1 aromatic heterocycles. The van der Waals surface area contributed by atoms with Gasteiger partial charge in [-0.25, -0.2) is 0 Å². The van der Waals surface area contributed by atoms with Gasteiger partial charge in [-0.05, 0) is 37.8 Å². The molecule has 0 spiro atoms. The third kappa shape index (κ3) is 3.43. The number of rotatable bonds is 4. The number of pyridine rings is 1. The summed E-state index contributed by atoms with van der Waals surface area (Å²) in [5, 5.41) is 9.42. The van der Waals surface area contributed by atoms with E-state index in [0.29, 0.717) is 11.6 Å². The van der Waals surface area contributed by atoms with Crippen LogP contribution in [-0.2, 0) is 4.74 Å². The minimum atomic E-state index is -0.504. The summed E-state index contributed by atoms with van der Waals surface area (Å²) in [4.78, 5) is 6.48. The van der Waals surface area contributed by atoms with Gasteiger partial charge in [0.2, 0.25) is 0 Å². The zero-order valence-corrected chi connectivity index (χ0v) is 11.2. The van der Waals surface area contributed by atoms with E-state index in [1.165, 1.54) is 6.42 Å². The lowest BCUT2D eigenvalue weighted by atomic mass is 10.0. The van der Waals surface area contributed by atoms with Crippen LogP contribution in [0.2, 0.25) is 0 Å². The standard InChI is InChI=1S/C14H22N2O2/c1-11(17)14-6-5-13(8-15-14)16(2)9-12-4-3-7-18-10-12/h5-6,8,11-12,17H,3-4,7,9-10H2,1-2H3/t11-,12?/m0/s1. The minimum absolute atomic E-state index is 0.504. The highest BCUT2D eigenvalue weighted by Crippen LogP contribution is 2.19. The van der Waals surface area contributed by atoms with Crippen LogP contribution in [0.15, 0.2) is 18.3 Å². The summed E-state index contributed by atoms with van der Waals surface area (Å²) in [5.41, 5.74) is 1.80. The SMILES string of the molecule is C[C@H](O)c1ccc(N(C)CC2CCCOC2)cn1. The molecule has 1 fully saturated rings. The second-order valence-corrected chi connectivity index (χ2v) is 5.08. The van der Waals surface area contributed by atoms with Crippen LogP contribution >= 0.6 is 0 Å². The molecule has 2 atom stereocenters. The Morgan fingerprint density at radius 1 is 1.56 bits per heavy atom. The molecular weight excluding hydrogens is 228 g/mol. The molecule has 4 heteroatoms. The smallest absolute Gasteiger partial charge is 0.0931 e. The van der Waals surface area contributed by atoms with E-state index in [1.807, 2.05) is 18.3 Å². The first kappa shape index (κ1) is 13.3. The van der Waals surface area contributed by atoms with Crippen molar-refractivity contribution in [2.75, 3.05) is 31.7 Å². The molecule has 1 unspecified atom stereocenters. The first-order chi connectivity index (χ1) is 8.66. The maximum atomic E-state index is 9.42. The molecule has 0 amide bonds. The lowest BCUT2D eigenvalue weighted by Crippen LogP contribution is -2.30. The van der Waals surface area contributed by atoms with Crippen molar-refractivity contribution in [2.45, 2.75) is 25.9 Å². The number of hydrogen-bond donors (Lipinski definition) is 1. The summed E-state index contributed by atoms with van der Waals surface area (Å²) in [6.07, 6.45) is 3.73. The Bertz CT molecular complexity index is 359. The molecule has 0 bridgehead atoms. The lowest BCUT2D eigenvalue weighted by molar-refractivity contribution is 0.0576. The molecule has 0 radical (unpaired) electrons. The van der Waals surface area contributed by atoms with Gasteiger partial charge in [-0.3, -0.25) is 4.98 Å². The zero-order chi connectivity index (χ0) is 13.0. The second-order valence-electron chi connectivity index (χ2n) is 5.08. The van der Waals surface area contributed by atoms with Crippen molar-refractivity contribution in [2.24, 2.45) is 5.92 Å². The number of hydrogen-bond acceptors (Lipinski definition) is 4. The number of ether oxygens (including phenoxy) is 1. The van der Waals surface area contributed by atoms with Gasteiger partial charge in [0.1, 0.15) is 0 Å². The van der Waals surface area contributed by atoms with E-state index in [0.717, 1.165) is 31.9 Å². The molecule has 2 heterocycles. The lowest BCUT2D eigenvalue weighted by Gasteiger charge is -2.28. The maximum absolute atomic E-state index is 9.42. The van der Waals surface area contributed by atoms with Crippen LogP contribution in [0.25, 0.3) is 0 Å². The molecule has 4 nitrogen and oxygen atoms in total. The Hall–Kier alpha value is -1.13. The number of nitrogens with zero attached hydrogens (tertiary/aromatic N) is 2. The predicted molar refractivity (Wildman–Crippen MR) is 71.7 cm³/mol. The second kappa shape index (κ2) is 6.16. The Morgan fingerprint density at radius 2 is 2.39 bits per heavy atom. The quantitative estimate of drug-likeness (QED) is 0.887. The Morgan fingerprint density at radius 3 is 2.94 bits per heavy atom. The van der Waals surface area contributed by atoms with Crippen LogP contribution in [0.4, 0.5) is 5.69 Å². The van der Waals surface area contributed by atoms with E-state index in [1.54, 1.807) is 6.92 Å². The average Bonchev–Trinajstić information content (AvgIpc) is 2.40. The number of anilines is 1. The van der Waals surface area contributed by atoms with Gasteiger partial charge >= 0.3 is 0 Å². The van der Waals surface area contributed by atoms with E-state index >= 15 is 0 Å². The van der Waals surface area contributed by atoms with Crippen LogP contribution < -0.4 is 4.90 Å². The molecule has 100 valence electrons. The average molecular weight is 250 g/mol. The summed E-state index contributed by atoms with van der Waals surface area (Å²) in [5.74, 6) is 0.611. The Balaban J connectivity index is 1.93. The number of aromatic nitrogens is 1. The van der Waals surface area contributed by atoms with Crippen molar-refractivity contribution < 1.29 is 9.84 Å². The van der Waals surface area contributed by atoms with Gasteiger partial charge in [0.15, 0.2) is 0 Å². The zero-order valence-electron chi connectivity index (χ0n) is 11.2. The van der Waals surface area contributed by atoms with Crippen molar-refractivity contribution in [1.82, 2.24) is 4.98 Å². The van der Waals surface area contributed by atoms with Crippen LogP contribution in [-0.4, -0.2) is 36.9 Å². The molecule has 18 heavy (non-hydrogen) atoms. The van der Waals surface area contributed by atoms with Crippen molar-refractivity contribution in [3.05, 3.63) is 24.0 Å². The Kier molecular flexibility index (Phi) is 4.55. The van der Waals surface area contributed by atoms with Crippen molar-refractivity contribution >= 4 is 5.69 Å². The Labute approximate surface area is 109 Å². The summed E-state index contributed by atoms with van der Waals surface area (Å²) >= 11 is 0. The molecule has 1 aliphatic rings. The van der Waals surface area contributed by atoms with Crippen molar-refractivity contribution in [3.63, 3.8) is 0 Å². The van der Waals surface area contributed by atoms with Gasteiger partial charge in [0.25, 0.3) is 0 Å². The van der Waals surface area contributed by atoms with E-state index in [9.17, 15) is 5.11 Å². The van der Waals surface area contributed by atoms with Crippen molar-refractivity contribution in [1.29, 1.82) is 0 Å². The van der Waals surface area contributed by atoms with E-state index in [2.05, 4.69) is 16.9 Å². The monoisotopic (exact) mass is 250 g/mol. The van der Waals surface area contributed by atoms with Gasteiger partial charge in [0, 0.05) is 20.2 Å². The molecule has 1 aromatic rings. The maximum Gasteiger partial charge on any atom is 0.0931 e. The number of aliphatic hydroxyl groups is 1. The number of aliphatic hydroxyl groups excluding tert-OH is 1. The molecule has 1 N–H and O–H groups in total. The molecule has 2 rings (SSSR count). The van der Waals surface area contributed by atoms with Crippen LogP contribution in [0, 0.1) is 5.92 Å². The normalized spacial score (nSPS) is 21.6. The first-order valence-electron chi connectivity index (χ1n) is 6.59. The third-order valence-electron chi connectivity index (χ3n) is 3.43. The summed E-state index contributed by atoms with van der Waals surface area (Å²) < 4.78 is 5.49. The first-order valence-corrected chi connectivity index (χ1v) is 6.59. The van der Waals surface area contributed by atoms with Gasteiger partial charge in [-0.2, -0.15) is 0 Å². The van der Waals surface area contributed by atoms with E-state index in [-0.39, 0.29) is 0 Å². The predicted octanol–water partition coefficient (Wildman–Crippen LogP) is 2.00. The van der Waals surface area contributed by atoms with Gasteiger partial charge < -0.3 is 14.7 Å². The molecule has 1 saturated heterocycles. The van der Waals surface area contributed by atoms with Crippen LogP contribution in [0.1, 0.15) is 31.6 Å². The molecule has 0 aromatic carbocycles. The van der Waals surface area contributed by atoms with Gasteiger partial charge in [0.05, 0.1) is 30.3 Å². The van der Waals surface area contributed by atoms with Gasteiger partial charge in [-0.15, -0.1) is 0 Å². The highest BCUT2D eigenvalue weighted by Gasteiger charge is 2.16. The minimum Gasteiger partial charge on any atom is -0.387 e. The van der Waals surface area contributed by atoms with Crippen LogP contribution in [0.5, 0.6) is 0 Å². The molecular formula is C14H22N2O2. The van der Waals surface area contributed by atoms with Crippen LogP contribution in [0.3, 0.4) is 0 Å². The molecule has 0 aliphatic carbocycles. The summed E-state index contributed by atoms with van der Waals surface area (Å²) in [7, 11) is 2.08. The van der Waals surface area contributed by atoms with Gasteiger partial charge in [-0.1, -0.05) is 0 Å². The molecule has 0 saturated carbocycles.